The third-order valence-electron chi connectivity index (χ3n) is 4.27. The highest BCUT2D eigenvalue weighted by molar-refractivity contribution is 5.22. The monoisotopic (exact) mass is 246 g/mol. The molecule has 0 saturated carbocycles. The maximum atomic E-state index is 4.34. The van der Waals surface area contributed by atoms with Gasteiger partial charge in [0.1, 0.15) is 0 Å². The fraction of sp³-hybridized carbons (Fsp3) is 0.643. The number of rotatable bonds is 3. The highest BCUT2D eigenvalue weighted by atomic mass is 15.4. The molecule has 0 radical (unpaired) electrons. The first kappa shape index (κ1) is 12.1. The maximum absolute atomic E-state index is 4.34. The summed E-state index contributed by atoms with van der Waals surface area (Å²) in [5.74, 6) is 0. The van der Waals surface area contributed by atoms with Gasteiger partial charge in [0, 0.05) is 51.2 Å². The Bertz CT molecular complexity index is 412. The van der Waals surface area contributed by atoms with Crippen molar-refractivity contribution >= 4 is 0 Å². The highest BCUT2D eigenvalue weighted by Gasteiger charge is 2.36. The molecule has 0 spiro atoms. The summed E-state index contributed by atoms with van der Waals surface area (Å²) in [4.78, 5) is 9.55. The van der Waals surface area contributed by atoms with Gasteiger partial charge in [-0.1, -0.05) is 6.07 Å². The van der Waals surface area contributed by atoms with E-state index in [0.29, 0.717) is 12.1 Å². The van der Waals surface area contributed by atoms with Crippen LogP contribution in [0.2, 0.25) is 0 Å². The van der Waals surface area contributed by atoms with Crippen LogP contribution in [0.5, 0.6) is 0 Å². The number of nitrogens with one attached hydrogen (secondary N) is 1. The maximum Gasteiger partial charge on any atom is 0.0503 e. The van der Waals surface area contributed by atoms with Crippen molar-refractivity contribution in [2.24, 2.45) is 0 Å². The van der Waals surface area contributed by atoms with Gasteiger partial charge in [0.05, 0.1) is 6.04 Å². The van der Waals surface area contributed by atoms with Crippen LogP contribution in [-0.4, -0.2) is 60.6 Å². The summed E-state index contributed by atoms with van der Waals surface area (Å²) in [7, 11) is 2.06. The lowest BCUT2D eigenvalue weighted by Crippen LogP contribution is -2.63. The van der Waals surface area contributed by atoms with Crippen molar-refractivity contribution in [2.75, 3.05) is 39.8 Å². The number of piperazine rings is 3. The second-order valence-corrected chi connectivity index (χ2v) is 5.47. The fourth-order valence-electron chi connectivity index (χ4n) is 3.30. The lowest BCUT2D eigenvalue weighted by molar-refractivity contribution is -0.00259. The summed E-state index contributed by atoms with van der Waals surface area (Å²) in [6.45, 7) is 8.18. The number of aromatic nitrogens is 1. The molecule has 2 bridgehead atoms. The van der Waals surface area contributed by atoms with Gasteiger partial charge in [0.2, 0.25) is 0 Å². The summed E-state index contributed by atoms with van der Waals surface area (Å²) in [6.07, 6.45) is 3.93. The van der Waals surface area contributed by atoms with Crippen molar-refractivity contribution in [1.82, 2.24) is 20.1 Å². The standard InChI is InChI=1S/C14H22N4/c1-11-7-12(9-16-8-11)14(15-2)13-10-17-3-5-18(13)6-4-17/h7-9,13-15H,3-6,10H2,1-2H3. The van der Waals surface area contributed by atoms with Crippen LogP contribution in [0.3, 0.4) is 0 Å². The molecule has 98 valence electrons. The molecule has 4 heteroatoms. The molecule has 1 N–H and O–H groups in total. The summed E-state index contributed by atoms with van der Waals surface area (Å²) in [5.41, 5.74) is 2.56. The molecule has 4 nitrogen and oxygen atoms in total. The van der Waals surface area contributed by atoms with Crippen molar-refractivity contribution in [3.63, 3.8) is 0 Å². The topological polar surface area (TPSA) is 31.4 Å². The first-order chi connectivity index (χ1) is 8.78. The first-order valence-corrected chi connectivity index (χ1v) is 6.83. The number of likely N-dealkylation sites (N-methyl/N-ethyl adjacent to an activating group) is 1. The third-order valence-corrected chi connectivity index (χ3v) is 4.27. The van der Waals surface area contributed by atoms with Gasteiger partial charge in [0.15, 0.2) is 0 Å². The highest BCUT2D eigenvalue weighted by Crippen LogP contribution is 2.26. The van der Waals surface area contributed by atoms with Gasteiger partial charge in [-0.3, -0.25) is 14.8 Å². The van der Waals surface area contributed by atoms with Gasteiger partial charge in [-0.05, 0) is 25.1 Å². The van der Waals surface area contributed by atoms with Crippen LogP contribution in [0.1, 0.15) is 17.2 Å². The number of pyridine rings is 1. The van der Waals surface area contributed by atoms with Crippen LogP contribution in [0, 0.1) is 6.92 Å². The van der Waals surface area contributed by atoms with Crippen LogP contribution in [0.15, 0.2) is 18.5 Å². The Hall–Kier alpha value is -0.970. The Morgan fingerprint density at radius 1 is 1.28 bits per heavy atom. The Morgan fingerprint density at radius 3 is 2.61 bits per heavy atom. The van der Waals surface area contributed by atoms with Gasteiger partial charge in [-0.15, -0.1) is 0 Å². The largest absolute Gasteiger partial charge is 0.312 e. The van der Waals surface area contributed by atoms with Crippen LogP contribution < -0.4 is 5.32 Å². The number of nitrogens with zero attached hydrogens (tertiary/aromatic N) is 3. The average Bonchev–Trinajstić information content (AvgIpc) is 2.41. The van der Waals surface area contributed by atoms with Crippen molar-refractivity contribution in [1.29, 1.82) is 0 Å². The normalized spacial score (nSPS) is 32.4. The average molecular weight is 246 g/mol. The number of hydrogen-bond donors (Lipinski definition) is 1. The lowest BCUT2D eigenvalue weighted by atomic mass is 9.94. The third kappa shape index (κ3) is 2.16. The first-order valence-electron chi connectivity index (χ1n) is 6.83. The van der Waals surface area contributed by atoms with Gasteiger partial charge < -0.3 is 5.32 Å². The van der Waals surface area contributed by atoms with Crippen LogP contribution in [0.4, 0.5) is 0 Å². The van der Waals surface area contributed by atoms with Gasteiger partial charge >= 0.3 is 0 Å². The minimum absolute atomic E-state index is 0.389. The van der Waals surface area contributed by atoms with Crippen molar-refractivity contribution in [3.05, 3.63) is 29.6 Å². The second kappa shape index (κ2) is 4.96. The molecule has 4 rings (SSSR count). The Labute approximate surface area is 109 Å². The van der Waals surface area contributed by atoms with Crippen LogP contribution >= 0.6 is 0 Å². The number of hydrogen-bond acceptors (Lipinski definition) is 4. The van der Waals surface area contributed by atoms with Crippen molar-refractivity contribution in [3.8, 4) is 0 Å². The molecule has 3 fully saturated rings. The molecule has 3 aliphatic heterocycles. The van der Waals surface area contributed by atoms with E-state index in [1.54, 1.807) is 0 Å². The summed E-state index contributed by atoms with van der Waals surface area (Å²) in [5, 5.41) is 3.49. The summed E-state index contributed by atoms with van der Waals surface area (Å²) in [6, 6.07) is 3.23. The van der Waals surface area contributed by atoms with E-state index in [0.717, 1.165) is 0 Å². The molecule has 3 saturated heterocycles. The number of aryl methyl sites for hydroxylation is 1. The minimum atomic E-state index is 0.389. The van der Waals surface area contributed by atoms with Gasteiger partial charge in [-0.2, -0.15) is 0 Å². The molecular weight excluding hydrogens is 224 g/mol. The number of fused-ring (bicyclic) bond motifs is 3. The smallest absolute Gasteiger partial charge is 0.0503 e. The summed E-state index contributed by atoms with van der Waals surface area (Å²) >= 11 is 0. The van der Waals surface area contributed by atoms with Gasteiger partial charge in [-0.25, -0.2) is 0 Å². The predicted octanol–water partition coefficient (Wildman–Crippen LogP) is 0.650. The molecular formula is C14H22N4. The predicted molar refractivity (Wildman–Crippen MR) is 72.6 cm³/mol. The molecule has 2 unspecified atom stereocenters. The zero-order valence-corrected chi connectivity index (χ0v) is 11.3. The molecule has 4 heterocycles. The van der Waals surface area contributed by atoms with E-state index in [9.17, 15) is 0 Å². The van der Waals surface area contributed by atoms with E-state index < -0.39 is 0 Å². The molecule has 1 aromatic heterocycles. The van der Waals surface area contributed by atoms with Crippen molar-refractivity contribution < 1.29 is 0 Å². The Balaban J connectivity index is 1.84. The fourth-order valence-corrected chi connectivity index (χ4v) is 3.30. The van der Waals surface area contributed by atoms with Gasteiger partial charge in [0.25, 0.3) is 0 Å². The van der Waals surface area contributed by atoms with E-state index in [1.165, 1.54) is 43.9 Å². The Kier molecular flexibility index (Phi) is 3.33. The molecule has 0 amide bonds. The zero-order chi connectivity index (χ0) is 12.5. The lowest BCUT2D eigenvalue weighted by Gasteiger charge is -2.50. The van der Waals surface area contributed by atoms with Crippen LogP contribution in [0.25, 0.3) is 0 Å². The molecule has 1 aromatic rings. The SMILES string of the molecule is CNC(c1cncc(C)c1)C1CN2CCN1CC2. The minimum Gasteiger partial charge on any atom is -0.312 e. The van der Waals surface area contributed by atoms with E-state index in [4.69, 9.17) is 0 Å². The van der Waals surface area contributed by atoms with E-state index in [1.807, 2.05) is 12.4 Å². The van der Waals surface area contributed by atoms with Crippen molar-refractivity contribution in [2.45, 2.75) is 19.0 Å². The van der Waals surface area contributed by atoms with Crippen LogP contribution in [-0.2, 0) is 0 Å². The molecule has 3 aliphatic rings. The molecule has 0 aromatic carbocycles. The Morgan fingerprint density at radius 2 is 2.06 bits per heavy atom. The summed E-state index contributed by atoms with van der Waals surface area (Å²) < 4.78 is 0. The van der Waals surface area contributed by atoms with E-state index in [-0.39, 0.29) is 0 Å². The second-order valence-electron chi connectivity index (χ2n) is 5.47. The molecule has 18 heavy (non-hydrogen) atoms. The molecule has 0 aliphatic carbocycles. The van der Waals surface area contributed by atoms with E-state index in [2.05, 4.69) is 40.1 Å². The van der Waals surface area contributed by atoms with E-state index >= 15 is 0 Å². The zero-order valence-electron chi connectivity index (χ0n) is 11.3. The quantitative estimate of drug-likeness (QED) is 0.848. The molecule has 2 atom stereocenters.